The van der Waals surface area contributed by atoms with Crippen LogP contribution in [0.3, 0.4) is 0 Å². The van der Waals surface area contributed by atoms with Gasteiger partial charge in [-0.2, -0.15) is 0 Å². The lowest BCUT2D eigenvalue weighted by Crippen LogP contribution is -2.14. The molecule has 2 rings (SSSR count). The molecule has 1 amide bonds. The summed E-state index contributed by atoms with van der Waals surface area (Å²) < 4.78 is 6.85. The maximum atomic E-state index is 11.9. The van der Waals surface area contributed by atoms with Crippen LogP contribution in [0.25, 0.3) is 0 Å². The molecular weight excluding hydrogens is 340 g/mol. The summed E-state index contributed by atoms with van der Waals surface area (Å²) in [6.07, 6.45) is 0. The summed E-state index contributed by atoms with van der Waals surface area (Å²) in [7, 11) is 0. The van der Waals surface area contributed by atoms with Crippen molar-refractivity contribution in [3.63, 3.8) is 0 Å². The van der Waals surface area contributed by atoms with E-state index < -0.39 is 0 Å². The number of anilines is 1. The maximum Gasteiger partial charge on any atom is 0.237 e. The average molecular weight is 359 g/mol. The van der Waals surface area contributed by atoms with Crippen LogP contribution >= 0.6 is 34.9 Å². The zero-order valence-electron chi connectivity index (χ0n) is 12.9. The van der Waals surface area contributed by atoms with E-state index in [0.29, 0.717) is 5.88 Å². The zero-order valence-corrected chi connectivity index (χ0v) is 15.3. The second-order valence-electron chi connectivity index (χ2n) is 5.43. The van der Waals surface area contributed by atoms with Crippen LogP contribution in [-0.4, -0.2) is 32.8 Å². The molecule has 1 N–H and O–H groups in total. The molecule has 0 aliphatic rings. The largest absolute Gasteiger partial charge is 0.338 e. The first-order valence-corrected chi connectivity index (χ1v) is 9.53. The maximum absolute atomic E-state index is 11.9. The van der Waals surface area contributed by atoms with Crippen LogP contribution in [0.5, 0.6) is 0 Å². The second-order valence-corrected chi connectivity index (χ2v) is 9.14. The van der Waals surface area contributed by atoms with Gasteiger partial charge >= 0.3 is 0 Å². The van der Waals surface area contributed by atoms with Gasteiger partial charge in [0.15, 0.2) is 8.68 Å². The van der Waals surface area contributed by atoms with Gasteiger partial charge < -0.3 is 4.52 Å². The second kappa shape index (κ2) is 7.47. The Labute approximate surface area is 141 Å². The van der Waals surface area contributed by atoms with E-state index in [2.05, 4.69) is 27.6 Å². The molecular formula is C13H18N4O2S3. The van der Waals surface area contributed by atoms with Gasteiger partial charge in [-0.15, -0.1) is 10.2 Å². The summed E-state index contributed by atoms with van der Waals surface area (Å²) in [6.45, 7) is 8.17. The number of hydrogen-bond donors (Lipinski definition) is 1. The highest BCUT2D eigenvalue weighted by molar-refractivity contribution is 8.03. The number of thioether (sulfide) groups is 2. The van der Waals surface area contributed by atoms with Crippen LogP contribution in [0.15, 0.2) is 19.3 Å². The third kappa shape index (κ3) is 4.99. The monoisotopic (exact) mass is 358 g/mol. The van der Waals surface area contributed by atoms with Crippen LogP contribution in [0.4, 0.5) is 5.88 Å². The average Bonchev–Trinajstić information content (AvgIpc) is 3.05. The number of aromatic nitrogens is 3. The Bertz CT molecular complexity index is 633. The van der Waals surface area contributed by atoms with Gasteiger partial charge in [0.2, 0.25) is 11.8 Å². The van der Waals surface area contributed by atoms with Crippen molar-refractivity contribution in [2.24, 2.45) is 0 Å². The molecule has 22 heavy (non-hydrogen) atoms. The molecule has 0 aliphatic heterocycles. The molecule has 0 saturated heterocycles. The third-order valence-corrected chi connectivity index (χ3v) is 5.60. The highest BCUT2D eigenvalue weighted by atomic mass is 32.2. The third-order valence-electron chi connectivity index (χ3n) is 2.52. The Morgan fingerprint density at radius 1 is 1.32 bits per heavy atom. The molecule has 2 aromatic heterocycles. The van der Waals surface area contributed by atoms with Crippen molar-refractivity contribution in [3.8, 4) is 0 Å². The topological polar surface area (TPSA) is 80.9 Å². The number of carbonyl (C=O) groups is 1. The Hall–Kier alpha value is -1.06. The van der Waals surface area contributed by atoms with E-state index in [9.17, 15) is 4.79 Å². The highest BCUT2D eigenvalue weighted by Crippen LogP contribution is 2.28. The van der Waals surface area contributed by atoms with Crippen molar-refractivity contribution in [2.75, 3.05) is 16.8 Å². The molecule has 0 atom stereocenters. The summed E-state index contributed by atoms with van der Waals surface area (Å²) >= 11 is 4.51. The molecule has 0 radical (unpaired) electrons. The lowest BCUT2D eigenvalue weighted by atomic mass is 9.92. The van der Waals surface area contributed by atoms with Crippen molar-refractivity contribution in [3.05, 3.63) is 11.8 Å². The Morgan fingerprint density at radius 2 is 2.00 bits per heavy atom. The number of nitrogens with one attached hydrogen (secondary N) is 1. The fraction of sp³-hybridized carbons (Fsp3) is 0.538. The molecule has 0 unspecified atom stereocenters. The summed E-state index contributed by atoms with van der Waals surface area (Å²) in [6, 6.07) is 1.75. The van der Waals surface area contributed by atoms with E-state index in [4.69, 9.17) is 4.52 Å². The lowest BCUT2D eigenvalue weighted by Gasteiger charge is -2.12. The smallest absolute Gasteiger partial charge is 0.237 e. The van der Waals surface area contributed by atoms with Gasteiger partial charge in [0.1, 0.15) is 0 Å². The molecule has 0 spiro atoms. The van der Waals surface area contributed by atoms with E-state index in [0.717, 1.165) is 20.1 Å². The molecule has 6 nitrogen and oxygen atoms in total. The van der Waals surface area contributed by atoms with Crippen molar-refractivity contribution in [1.29, 1.82) is 0 Å². The zero-order chi connectivity index (χ0) is 16.2. The number of amides is 1. The summed E-state index contributed by atoms with van der Waals surface area (Å²) in [5, 5.41) is 14.8. The van der Waals surface area contributed by atoms with E-state index >= 15 is 0 Å². The molecule has 2 aromatic rings. The van der Waals surface area contributed by atoms with Gasteiger partial charge in [0, 0.05) is 11.5 Å². The normalized spacial score (nSPS) is 11.6. The number of hydrogen-bond acceptors (Lipinski definition) is 8. The number of rotatable bonds is 6. The molecule has 0 aromatic carbocycles. The first-order chi connectivity index (χ1) is 10.4. The van der Waals surface area contributed by atoms with Gasteiger partial charge in [0.25, 0.3) is 0 Å². The predicted octanol–water partition coefficient (Wildman–Crippen LogP) is 3.67. The van der Waals surface area contributed by atoms with E-state index in [1.807, 2.05) is 20.8 Å². The first kappa shape index (κ1) is 17.3. The predicted molar refractivity (Wildman–Crippen MR) is 90.9 cm³/mol. The first-order valence-electron chi connectivity index (χ1n) is 6.74. The fourth-order valence-corrected chi connectivity index (χ4v) is 4.14. The van der Waals surface area contributed by atoms with Gasteiger partial charge in [-0.05, 0) is 5.75 Å². The van der Waals surface area contributed by atoms with Gasteiger partial charge in [-0.25, -0.2) is 0 Å². The van der Waals surface area contributed by atoms with Gasteiger partial charge in [-0.3, -0.25) is 10.1 Å². The van der Waals surface area contributed by atoms with Crippen LogP contribution in [-0.2, 0) is 10.2 Å². The standard InChI is InChI=1S/C13H18N4O2S3/c1-5-20-11-15-16-12(22-11)21-7-9(18)14-10-6-8(17-19-10)13(2,3)4/h6H,5,7H2,1-4H3,(H,14,18). The van der Waals surface area contributed by atoms with E-state index in [1.54, 1.807) is 17.8 Å². The van der Waals surface area contributed by atoms with Crippen LogP contribution in [0, 0.1) is 0 Å². The van der Waals surface area contributed by atoms with Gasteiger partial charge in [-0.1, -0.05) is 67.7 Å². The van der Waals surface area contributed by atoms with Crippen molar-refractivity contribution >= 4 is 46.7 Å². The molecule has 0 aliphatic carbocycles. The summed E-state index contributed by atoms with van der Waals surface area (Å²) in [4.78, 5) is 11.9. The number of carbonyl (C=O) groups excluding carboxylic acids is 1. The lowest BCUT2D eigenvalue weighted by molar-refractivity contribution is -0.113. The molecule has 0 saturated carbocycles. The Kier molecular flexibility index (Phi) is 5.87. The Balaban J connectivity index is 1.83. The van der Waals surface area contributed by atoms with E-state index in [-0.39, 0.29) is 17.1 Å². The summed E-state index contributed by atoms with van der Waals surface area (Å²) in [5.74, 6) is 1.44. The minimum absolute atomic E-state index is 0.110. The van der Waals surface area contributed by atoms with Crippen LogP contribution in [0.1, 0.15) is 33.4 Å². The highest BCUT2D eigenvalue weighted by Gasteiger charge is 2.19. The van der Waals surface area contributed by atoms with Crippen LogP contribution in [0.2, 0.25) is 0 Å². The molecule has 0 bridgehead atoms. The van der Waals surface area contributed by atoms with Gasteiger partial charge in [0.05, 0.1) is 11.4 Å². The molecule has 2 heterocycles. The number of nitrogens with zero attached hydrogens (tertiary/aromatic N) is 3. The van der Waals surface area contributed by atoms with E-state index in [1.165, 1.54) is 23.1 Å². The quantitative estimate of drug-likeness (QED) is 0.789. The van der Waals surface area contributed by atoms with Crippen LogP contribution < -0.4 is 5.32 Å². The van der Waals surface area contributed by atoms with Crippen molar-refractivity contribution in [2.45, 2.75) is 41.8 Å². The SMILES string of the molecule is CCSc1nnc(SCC(=O)Nc2cc(C(C)(C)C)no2)s1. The summed E-state index contributed by atoms with van der Waals surface area (Å²) in [5.41, 5.74) is 0.696. The Morgan fingerprint density at radius 3 is 2.59 bits per heavy atom. The van der Waals surface area contributed by atoms with Crippen molar-refractivity contribution in [1.82, 2.24) is 15.4 Å². The molecule has 120 valence electrons. The van der Waals surface area contributed by atoms with Crippen molar-refractivity contribution < 1.29 is 9.32 Å². The molecule has 9 heteroatoms. The minimum Gasteiger partial charge on any atom is -0.338 e. The molecule has 0 fully saturated rings. The minimum atomic E-state index is -0.151. The fourth-order valence-electron chi connectivity index (χ4n) is 1.43.